The summed E-state index contributed by atoms with van der Waals surface area (Å²) in [6.45, 7) is 7.16. The Morgan fingerprint density at radius 1 is 1.40 bits per heavy atom. The molecule has 0 N–H and O–H groups in total. The predicted molar refractivity (Wildman–Crippen MR) is 45.2 cm³/mol. The van der Waals surface area contributed by atoms with Gasteiger partial charge < -0.3 is 4.90 Å². The van der Waals surface area contributed by atoms with E-state index in [0.29, 0.717) is 0 Å². The molecule has 1 saturated heterocycles. The van der Waals surface area contributed by atoms with E-state index in [1.165, 1.54) is 38.8 Å². The summed E-state index contributed by atoms with van der Waals surface area (Å²) in [5, 5.41) is 0. The molecule has 0 aromatic carbocycles. The lowest BCUT2D eigenvalue weighted by atomic mass is 10.1. The molecule has 0 aliphatic carbocycles. The minimum Gasteiger partial charge on any atom is -0.301 e. The van der Waals surface area contributed by atoms with Crippen LogP contribution in [0.3, 0.4) is 0 Å². The molecule has 0 bridgehead atoms. The Morgan fingerprint density at radius 2 is 2.20 bits per heavy atom. The maximum Gasteiger partial charge on any atom is 0.00955 e. The van der Waals surface area contributed by atoms with Crippen LogP contribution >= 0.6 is 0 Å². The van der Waals surface area contributed by atoms with Crippen LogP contribution in [0, 0.1) is 0 Å². The second kappa shape index (κ2) is 3.97. The summed E-state index contributed by atoms with van der Waals surface area (Å²) < 4.78 is 0. The minimum absolute atomic E-state index is 0.926. The quantitative estimate of drug-likeness (QED) is 0.583. The molecule has 1 heteroatoms. The molecule has 1 atom stereocenters. The molecule has 60 valence electrons. The molecule has 1 fully saturated rings. The lowest BCUT2D eigenvalue weighted by molar-refractivity contribution is 0.254. The van der Waals surface area contributed by atoms with Crippen molar-refractivity contribution in [1.82, 2.24) is 4.90 Å². The average Bonchev–Trinajstić information content (AvgIpc) is 2.36. The summed E-state index contributed by atoms with van der Waals surface area (Å²) >= 11 is 0. The Morgan fingerprint density at radius 3 is 2.80 bits per heavy atom. The molecule has 1 aliphatic rings. The fourth-order valence-corrected chi connectivity index (χ4v) is 1.97. The van der Waals surface area contributed by atoms with Gasteiger partial charge in [-0.2, -0.15) is 0 Å². The summed E-state index contributed by atoms with van der Waals surface area (Å²) in [6, 6.07) is 0.926. The highest BCUT2D eigenvalue weighted by atomic mass is 15.2. The van der Waals surface area contributed by atoms with Gasteiger partial charge in [-0.1, -0.05) is 20.3 Å². The van der Waals surface area contributed by atoms with Crippen LogP contribution in [0.25, 0.3) is 0 Å². The van der Waals surface area contributed by atoms with E-state index in [4.69, 9.17) is 0 Å². The Bertz CT molecular complexity index is 90.7. The van der Waals surface area contributed by atoms with Gasteiger partial charge >= 0.3 is 0 Å². The lowest BCUT2D eigenvalue weighted by Crippen LogP contribution is -2.28. The normalized spacial score (nSPS) is 27.6. The van der Waals surface area contributed by atoms with E-state index in [1.807, 2.05) is 0 Å². The Kier molecular flexibility index (Phi) is 3.20. The van der Waals surface area contributed by atoms with Gasteiger partial charge in [-0.3, -0.25) is 0 Å². The standard InChI is InChI=1S/C9H19N/c1-3-6-9-7-5-8-10(9)4-2/h9H,3-8H2,1-2H3. The fraction of sp³-hybridized carbons (Fsp3) is 1.00. The van der Waals surface area contributed by atoms with Crippen molar-refractivity contribution in [2.24, 2.45) is 0 Å². The third kappa shape index (κ3) is 1.72. The molecule has 1 nitrogen and oxygen atoms in total. The second-order valence-electron chi connectivity index (χ2n) is 3.21. The smallest absolute Gasteiger partial charge is 0.00955 e. The number of hydrogen-bond donors (Lipinski definition) is 0. The van der Waals surface area contributed by atoms with Gasteiger partial charge in [0.05, 0.1) is 0 Å². The Hall–Kier alpha value is -0.0400. The molecule has 0 aromatic heterocycles. The maximum absolute atomic E-state index is 2.61. The first kappa shape index (κ1) is 8.06. The van der Waals surface area contributed by atoms with Crippen LogP contribution in [0.2, 0.25) is 0 Å². The van der Waals surface area contributed by atoms with Crippen molar-refractivity contribution < 1.29 is 0 Å². The molecular weight excluding hydrogens is 122 g/mol. The highest BCUT2D eigenvalue weighted by molar-refractivity contribution is 4.77. The Balaban J connectivity index is 2.27. The number of rotatable bonds is 3. The highest BCUT2D eigenvalue weighted by Gasteiger charge is 2.21. The third-order valence-electron chi connectivity index (χ3n) is 2.53. The molecule has 0 spiro atoms. The zero-order valence-corrected chi connectivity index (χ0v) is 7.27. The van der Waals surface area contributed by atoms with Crippen LogP contribution in [0.1, 0.15) is 39.5 Å². The van der Waals surface area contributed by atoms with Crippen LogP contribution < -0.4 is 0 Å². The highest BCUT2D eigenvalue weighted by Crippen LogP contribution is 2.20. The van der Waals surface area contributed by atoms with Gasteiger partial charge in [0.1, 0.15) is 0 Å². The van der Waals surface area contributed by atoms with Crippen LogP contribution in [0.4, 0.5) is 0 Å². The van der Waals surface area contributed by atoms with E-state index in [-0.39, 0.29) is 0 Å². The van der Waals surface area contributed by atoms with Crippen molar-refractivity contribution in [3.63, 3.8) is 0 Å². The van der Waals surface area contributed by atoms with Gasteiger partial charge in [0.15, 0.2) is 0 Å². The lowest BCUT2D eigenvalue weighted by Gasteiger charge is -2.21. The van der Waals surface area contributed by atoms with E-state index in [1.54, 1.807) is 0 Å². The van der Waals surface area contributed by atoms with Crippen LogP contribution in [-0.2, 0) is 0 Å². The first-order chi connectivity index (χ1) is 4.88. The van der Waals surface area contributed by atoms with Crippen LogP contribution in [0.5, 0.6) is 0 Å². The molecule has 0 amide bonds. The molecule has 1 heterocycles. The van der Waals surface area contributed by atoms with Gasteiger partial charge in [-0.05, 0) is 32.4 Å². The van der Waals surface area contributed by atoms with Crippen molar-refractivity contribution in [1.29, 1.82) is 0 Å². The predicted octanol–water partition coefficient (Wildman–Crippen LogP) is 2.27. The summed E-state index contributed by atoms with van der Waals surface area (Å²) in [5.41, 5.74) is 0. The van der Waals surface area contributed by atoms with Crippen molar-refractivity contribution in [3.8, 4) is 0 Å². The third-order valence-corrected chi connectivity index (χ3v) is 2.53. The molecule has 1 rings (SSSR count). The monoisotopic (exact) mass is 141 g/mol. The molecule has 10 heavy (non-hydrogen) atoms. The second-order valence-corrected chi connectivity index (χ2v) is 3.21. The summed E-state index contributed by atoms with van der Waals surface area (Å²) in [5.74, 6) is 0. The number of hydrogen-bond acceptors (Lipinski definition) is 1. The van der Waals surface area contributed by atoms with Crippen molar-refractivity contribution >= 4 is 0 Å². The van der Waals surface area contributed by atoms with Gasteiger partial charge in [-0.25, -0.2) is 0 Å². The van der Waals surface area contributed by atoms with Crippen LogP contribution in [0.15, 0.2) is 0 Å². The van der Waals surface area contributed by atoms with E-state index >= 15 is 0 Å². The summed E-state index contributed by atoms with van der Waals surface area (Å²) in [4.78, 5) is 2.61. The van der Waals surface area contributed by atoms with E-state index in [0.717, 1.165) is 6.04 Å². The van der Waals surface area contributed by atoms with E-state index in [9.17, 15) is 0 Å². The van der Waals surface area contributed by atoms with E-state index < -0.39 is 0 Å². The summed E-state index contributed by atoms with van der Waals surface area (Å²) in [6.07, 6.45) is 5.63. The average molecular weight is 141 g/mol. The maximum atomic E-state index is 2.61. The first-order valence-corrected chi connectivity index (χ1v) is 4.62. The van der Waals surface area contributed by atoms with Gasteiger partial charge in [0.25, 0.3) is 0 Å². The number of nitrogens with zero attached hydrogens (tertiary/aromatic N) is 1. The largest absolute Gasteiger partial charge is 0.301 e. The topological polar surface area (TPSA) is 3.24 Å². The van der Waals surface area contributed by atoms with Gasteiger partial charge in [0, 0.05) is 6.04 Å². The van der Waals surface area contributed by atoms with Gasteiger partial charge in [0.2, 0.25) is 0 Å². The van der Waals surface area contributed by atoms with Crippen molar-refractivity contribution in [2.45, 2.75) is 45.6 Å². The molecule has 1 aliphatic heterocycles. The van der Waals surface area contributed by atoms with Crippen LogP contribution in [-0.4, -0.2) is 24.0 Å². The van der Waals surface area contributed by atoms with Gasteiger partial charge in [-0.15, -0.1) is 0 Å². The zero-order chi connectivity index (χ0) is 7.40. The molecule has 0 aromatic rings. The first-order valence-electron chi connectivity index (χ1n) is 4.62. The van der Waals surface area contributed by atoms with E-state index in [2.05, 4.69) is 18.7 Å². The SMILES string of the molecule is CCCC1CCCN1CC. The number of likely N-dealkylation sites (tertiary alicyclic amines) is 1. The zero-order valence-electron chi connectivity index (χ0n) is 7.27. The molecule has 0 saturated carbocycles. The molecule has 1 unspecified atom stereocenters. The minimum atomic E-state index is 0.926. The molecular formula is C9H19N. The van der Waals surface area contributed by atoms with Crippen molar-refractivity contribution in [2.75, 3.05) is 13.1 Å². The summed E-state index contributed by atoms with van der Waals surface area (Å²) in [7, 11) is 0. The molecule has 0 radical (unpaired) electrons. The van der Waals surface area contributed by atoms with Crippen molar-refractivity contribution in [3.05, 3.63) is 0 Å². The Labute approximate surface area is 64.4 Å². The fourth-order valence-electron chi connectivity index (χ4n) is 1.97.